The van der Waals surface area contributed by atoms with Gasteiger partial charge in [-0.25, -0.2) is 9.18 Å². The lowest BCUT2D eigenvalue weighted by atomic mass is 10.1. The van der Waals surface area contributed by atoms with E-state index in [9.17, 15) is 9.18 Å². The van der Waals surface area contributed by atoms with Crippen molar-refractivity contribution in [1.82, 2.24) is 5.16 Å². The van der Waals surface area contributed by atoms with Gasteiger partial charge < -0.3 is 9.63 Å². The number of carboxylic acids is 1. The van der Waals surface area contributed by atoms with Crippen molar-refractivity contribution in [1.29, 1.82) is 0 Å². The molecule has 0 atom stereocenters. The molecule has 0 aliphatic heterocycles. The SMILES string of the molecule is O=C(O)c1cc(-c2cc(Cl)ccc2F)on1. The molecule has 0 aliphatic rings. The second-order valence-electron chi connectivity index (χ2n) is 3.01. The Labute approximate surface area is 94.2 Å². The van der Waals surface area contributed by atoms with Crippen molar-refractivity contribution in [3.05, 3.63) is 40.8 Å². The number of carbonyl (C=O) groups is 1. The molecule has 0 fully saturated rings. The van der Waals surface area contributed by atoms with Crippen molar-refractivity contribution in [2.45, 2.75) is 0 Å². The van der Waals surface area contributed by atoms with E-state index >= 15 is 0 Å². The summed E-state index contributed by atoms with van der Waals surface area (Å²) in [5.41, 5.74) is -0.207. The summed E-state index contributed by atoms with van der Waals surface area (Å²) in [5.74, 6) is -1.77. The lowest BCUT2D eigenvalue weighted by molar-refractivity contribution is 0.0686. The number of aromatic carboxylic acids is 1. The predicted molar refractivity (Wildman–Crippen MR) is 53.9 cm³/mol. The maximum absolute atomic E-state index is 13.4. The van der Waals surface area contributed by atoms with Crippen molar-refractivity contribution in [2.24, 2.45) is 0 Å². The molecule has 16 heavy (non-hydrogen) atoms. The van der Waals surface area contributed by atoms with Gasteiger partial charge in [0, 0.05) is 11.1 Å². The van der Waals surface area contributed by atoms with E-state index in [2.05, 4.69) is 5.16 Å². The molecule has 1 heterocycles. The second-order valence-corrected chi connectivity index (χ2v) is 3.44. The van der Waals surface area contributed by atoms with Crippen molar-refractivity contribution < 1.29 is 18.8 Å². The summed E-state index contributed by atoms with van der Waals surface area (Å²) in [4.78, 5) is 10.6. The first-order chi connectivity index (χ1) is 7.58. The molecule has 0 saturated heterocycles. The van der Waals surface area contributed by atoms with Gasteiger partial charge in [-0.1, -0.05) is 16.8 Å². The number of benzene rings is 1. The highest BCUT2D eigenvalue weighted by Crippen LogP contribution is 2.26. The van der Waals surface area contributed by atoms with Gasteiger partial charge in [-0.05, 0) is 18.2 Å². The maximum atomic E-state index is 13.4. The van der Waals surface area contributed by atoms with Crippen LogP contribution in [-0.2, 0) is 0 Å². The Kier molecular flexibility index (Phi) is 2.62. The van der Waals surface area contributed by atoms with E-state index in [4.69, 9.17) is 21.2 Å². The number of rotatable bonds is 2. The van der Waals surface area contributed by atoms with Gasteiger partial charge in [-0.2, -0.15) is 0 Å². The molecule has 0 aliphatic carbocycles. The molecule has 2 rings (SSSR count). The molecular weight excluding hydrogens is 237 g/mol. The van der Waals surface area contributed by atoms with Gasteiger partial charge in [0.1, 0.15) is 5.82 Å². The fourth-order valence-corrected chi connectivity index (χ4v) is 1.36. The summed E-state index contributed by atoms with van der Waals surface area (Å²) in [6.07, 6.45) is 0. The van der Waals surface area contributed by atoms with Crippen LogP contribution in [0.15, 0.2) is 28.8 Å². The van der Waals surface area contributed by atoms with Crippen molar-refractivity contribution in [3.8, 4) is 11.3 Å². The van der Waals surface area contributed by atoms with Crippen molar-refractivity contribution in [3.63, 3.8) is 0 Å². The maximum Gasteiger partial charge on any atom is 0.358 e. The third kappa shape index (κ3) is 1.90. The van der Waals surface area contributed by atoms with Crippen LogP contribution in [0.25, 0.3) is 11.3 Å². The van der Waals surface area contributed by atoms with E-state index < -0.39 is 11.8 Å². The molecule has 1 N–H and O–H groups in total. The summed E-state index contributed by atoms with van der Waals surface area (Å²) >= 11 is 5.69. The third-order valence-corrected chi connectivity index (χ3v) is 2.16. The zero-order valence-corrected chi connectivity index (χ0v) is 8.53. The van der Waals surface area contributed by atoms with E-state index in [-0.39, 0.29) is 17.0 Å². The number of aromatic nitrogens is 1. The predicted octanol–water partition coefficient (Wildman–Crippen LogP) is 2.83. The Balaban J connectivity index is 2.50. The number of hydrogen-bond donors (Lipinski definition) is 1. The van der Waals surface area contributed by atoms with Crippen LogP contribution in [-0.4, -0.2) is 16.2 Å². The Morgan fingerprint density at radius 1 is 1.44 bits per heavy atom. The minimum Gasteiger partial charge on any atom is -0.476 e. The highest BCUT2D eigenvalue weighted by atomic mass is 35.5. The van der Waals surface area contributed by atoms with E-state index in [1.54, 1.807) is 0 Å². The summed E-state index contributed by atoms with van der Waals surface area (Å²) in [5, 5.41) is 12.2. The number of nitrogens with zero attached hydrogens (tertiary/aromatic N) is 1. The first-order valence-corrected chi connectivity index (χ1v) is 4.61. The van der Waals surface area contributed by atoms with Crippen LogP contribution in [0.1, 0.15) is 10.5 Å². The topological polar surface area (TPSA) is 63.3 Å². The van der Waals surface area contributed by atoms with Crippen LogP contribution in [0, 0.1) is 5.82 Å². The van der Waals surface area contributed by atoms with Crippen LogP contribution in [0.4, 0.5) is 4.39 Å². The van der Waals surface area contributed by atoms with E-state index in [0.717, 1.165) is 6.07 Å². The molecule has 2 aromatic rings. The summed E-state index contributed by atoms with van der Waals surface area (Å²) in [6.45, 7) is 0. The van der Waals surface area contributed by atoms with Crippen LogP contribution >= 0.6 is 11.6 Å². The van der Waals surface area contributed by atoms with Crippen molar-refractivity contribution >= 4 is 17.6 Å². The second kappa shape index (κ2) is 3.94. The quantitative estimate of drug-likeness (QED) is 0.878. The normalized spacial score (nSPS) is 10.4. The molecule has 1 aromatic heterocycles. The Bertz CT molecular complexity index is 553. The lowest BCUT2D eigenvalue weighted by Gasteiger charge is -1.97. The largest absolute Gasteiger partial charge is 0.476 e. The highest BCUT2D eigenvalue weighted by molar-refractivity contribution is 6.30. The fourth-order valence-electron chi connectivity index (χ4n) is 1.19. The van der Waals surface area contributed by atoms with Crippen LogP contribution in [0.3, 0.4) is 0 Å². The van der Waals surface area contributed by atoms with Crippen LogP contribution < -0.4 is 0 Å². The molecule has 4 nitrogen and oxygen atoms in total. The van der Waals surface area contributed by atoms with Gasteiger partial charge in [-0.15, -0.1) is 0 Å². The Morgan fingerprint density at radius 3 is 2.81 bits per heavy atom. The highest BCUT2D eigenvalue weighted by Gasteiger charge is 2.15. The number of halogens is 2. The summed E-state index contributed by atoms with van der Waals surface area (Å²) in [7, 11) is 0. The van der Waals surface area contributed by atoms with Crippen LogP contribution in [0.5, 0.6) is 0 Å². The third-order valence-electron chi connectivity index (χ3n) is 1.92. The molecule has 0 amide bonds. The average Bonchev–Trinajstić information content (AvgIpc) is 2.70. The van der Waals surface area contributed by atoms with Crippen LogP contribution in [0.2, 0.25) is 5.02 Å². The monoisotopic (exact) mass is 241 g/mol. The standard InChI is InChI=1S/C10H5ClFNO3/c11-5-1-2-7(12)6(3-5)9-4-8(10(14)15)13-16-9/h1-4H,(H,14,15). The zero-order valence-electron chi connectivity index (χ0n) is 7.78. The Hall–Kier alpha value is -1.88. The molecule has 0 spiro atoms. The molecule has 6 heteroatoms. The summed E-state index contributed by atoms with van der Waals surface area (Å²) in [6, 6.07) is 5.02. The molecule has 0 bridgehead atoms. The number of hydrogen-bond acceptors (Lipinski definition) is 3. The number of carboxylic acid groups (broad SMARTS) is 1. The van der Waals surface area contributed by atoms with Crippen molar-refractivity contribution in [2.75, 3.05) is 0 Å². The van der Waals surface area contributed by atoms with E-state index in [0.29, 0.717) is 5.02 Å². The zero-order chi connectivity index (χ0) is 11.7. The van der Waals surface area contributed by atoms with E-state index in [1.807, 2.05) is 0 Å². The van der Waals surface area contributed by atoms with Gasteiger partial charge in [-0.3, -0.25) is 0 Å². The van der Waals surface area contributed by atoms with E-state index in [1.165, 1.54) is 18.2 Å². The molecule has 82 valence electrons. The molecule has 1 aromatic carbocycles. The fraction of sp³-hybridized carbons (Fsp3) is 0. The summed E-state index contributed by atoms with van der Waals surface area (Å²) < 4.78 is 18.1. The molecule has 0 unspecified atom stereocenters. The van der Waals surface area contributed by atoms with Gasteiger partial charge in [0.05, 0.1) is 5.56 Å². The van der Waals surface area contributed by atoms with Gasteiger partial charge in [0.15, 0.2) is 11.5 Å². The molecule has 0 radical (unpaired) electrons. The molecule has 0 saturated carbocycles. The molecular formula is C10H5ClFNO3. The first-order valence-electron chi connectivity index (χ1n) is 4.23. The Morgan fingerprint density at radius 2 is 2.19 bits per heavy atom. The average molecular weight is 242 g/mol. The van der Waals surface area contributed by atoms with Gasteiger partial charge in [0.25, 0.3) is 0 Å². The minimum atomic E-state index is -1.24. The lowest BCUT2D eigenvalue weighted by Crippen LogP contribution is -1.94. The smallest absolute Gasteiger partial charge is 0.358 e. The first kappa shape index (κ1) is 10.6. The van der Waals surface area contributed by atoms with Gasteiger partial charge >= 0.3 is 5.97 Å². The van der Waals surface area contributed by atoms with Gasteiger partial charge in [0.2, 0.25) is 0 Å². The minimum absolute atomic E-state index is 0.0254.